The van der Waals surface area contributed by atoms with E-state index in [9.17, 15) is 17.6 Å². The molecule has 0 aromatic heterocycles. The first kappa shape index (κ1) is 19.4. The Kier molecular flexibility index (Phi) is 5.79. The number of sulfone groups is 1. The van der Waals surface area contributed by atoms with Crippen LogP contribution >= 0.6 is 0 Å². The normalized spacial score (nSPS) is 15.6. The van der Waals surface area contributed by atoms with Gasteiger partial charge < -0.3 is 9.64 Å². The van der Waals surface area contributed by atoms with Gasteiger partial charge in [-0.3, -0.25) is 4.79 Å². The molecule has 2 aromatic carbocycles. The number of piperidine rings is 1. The van der Waals surface area contributed by atoms with E-state index in [1.807, 2.05) is 24.3 Å². The van der Waals surface area contributed by atoms with E-state index in [2.05, 4.69) is 0 Å². The molecule has 144 valence electrons. The van der Waals surface area contributed by atoms with Gasteiger partial charge in [0.05, 0.1) is 23.7 Å². The SMILES string of the molecule is COc1ccc(CC(=O)N2CCC(S(=O)(=O)c3ccc(F)cc3)CC2)cc1. The quantitative estimate of drug-likeness (QED) is 0.736. The van der Waals surface area contributed by atoms with Gasteiger partial charge in [0, 0.05) is 13.1 Å². The van der Waals surface area contributed by atoms with Crippen molar-refractivity contribution in [1.29, 1.82) is 0 Å². The molecular weight excluding hydrogens is 369 g/mol. The number of halogens is 1. The molecule has 0 unspecified atom stereocenters. The number of carbonyl (C=O) groups excluding carboxylic acids is 1. The maximum Gasteiger partial charge on any atom is 0.226 e. The lowest BCUT2D eigenvalue weighted by molar-refractivity contribution is -0.131. The topological polar surface area (TPSA) is 63.7 Å². The van der Waals surface area contributed by atoms with Crippen LogP contribution in [-0.2, 0) is 21.1 Å². The molecule has 0 aliphatic carbocycles. The Morgan fingerprint density at radius 1 is 1.07 bits per heavy atom. The molecule has 27 heavy (non-hydrogen) atoms. The molecule has 1 heterocycles. The summed E-state index contributed by atoms with van der Waals surface area (Å²) in [4.78, 5) is 14.3. The van der Waals surface area contributed by atoms with E-state index in [0.717, 1.165) is 23.4 Å². The maximum absolute atomic E-state index is 13.0. The summed E-state index contributed by atoms with van der Waals surface area (Å²) < 4.78 is 43.5. The van der Waals surface area contributed by atoms with Crippen molar-refractivity contribution in [3.63, 3.8) is 0 Å². The van der Waals surface area contributed by atoms with Crippen LogP contribution in [0.4, 0.5) is 4.39 Å². The van der Waals surface area contributed by atoms with Gasteiger partial charge in [0.15, 0.2) is 9.84 Å². The van der Waals surface area contributed by atoms with Crippen LogP contribution in [0.25, 0.3) is 0 Å². The molecule has 1 saturated heterocycles. The molecule has 0 saturated carbocycles. The second-order valence-corrected chi connectivity index (χ2v) is 8.83. The zero-order valence-electron chi connectivity index (χ0n) is 15.1. The highest BCUT2D eigenvalue weighted by molar-refractivity contribution is 7.92. The highest BCUT2D eigenvalue weighted by Crippen LogP contribution is 2.25. The maximum atomic E-state index is 13.0. The van der Waals surface area contributed by atoms with Gasteiger partial charge in [0.1, 0.15) is 11.6 Å². The number of ether oxygens (including phenoxy) is 1. The van der Waals surface area contributed by atoms with E-state index >= 15 is 0 Å². The molecular formula is C20H22FNO4S. The molecule has 5 nitrogen and oxygen atoms in total. The highest BCUT2D eigenvalue weighted by atomic mass is 32.2. The van der Waals surface area contributed by atoms with Crippen molar-refractivity contribution in [2.75, 3.05) is 20.2 Å². The number of nitrogens with zero attached hydrogens (tertiary/aromatic N) is 1. The Morgan fingerprint density at radius 3 is 2.22 bits per heavy atom. The smallest absolute Gasteiger partial charge is 0.226 e. The standard InChI is InChI=1S/C20H22FNO4S/c1-26-17-6-2-15(3-7-17)14-20(23)22-12-10-19(11-13-22)27(24,25)18-8-4-16(21)5-9-18/h2-9,19H,10-14H2,1H3. The largest absolute Gasteiger partial charge is 0.497 e. The van der Waals surface area contributed by atoms with E-state index in [0.29, 0.717) is 25.9 Å². The molecule has 0 bridgehead atoms. The van der Waals surface area contributed by atoms with Gasteiger partial charge in [-0.1, -0.05) is 12.1 Å². The molecule has 1 fully saturated rings. The first-order chi connectivity index (χ1) is 12.9. The lowest BCUT2D eigenvalue weighted by atomic mass is 10.1. The van der Waals surface area contributed by atoms with Crippen LogP contribution in [0, 0.1) is 5.82 Å². The Balaban J connectivity index is 1.59. The number of methoxy groups -OCH3 is 1. The zero-order chi connectivity index (χ0) is 19.4. The molecule has 7 heteroatoms. The fraction of sp³-hybridized carbons (Fsp3) is 0.350. The first-order valence-electron chi connectivity index (χ1n) is 8.80. The third kappa shape index (κ3) is 4.47. The lowest BCUT2D eigenvalue weighted by Crippen LogP contribution is -2.43. The average Bonchev–Trinajstić information content (AvgIpc) is 2.69. The summed E-state index contributed by atoms with van der Waals surface area (Å²) in [5, 5.41) is -0.548. The van der Waals surface area contributed by atoms with Crippen LogP contribution in [-0.4, -0.2) is 44.7 Å². The monoisotopic (exact) mass is 391 g/mol. The molecule has 0 atom stereocenters. The van der Waals surface area contributed by atoms with Gasteiger partial charge in [0.25, 0.3) is 0 Å². The third-order valence-corrected chi connectivity index (χ3v) is 7.17. The molecule has 1 amide bonds. The Morgan fingerprint density at radius 2 is 1.67 bits per heavy atom. The van der Waals surface area contributed by atoms with Crippen LogP contribution in [0.1, 0.15) is 18.4 Å². The van der Waals surface area contributed by atoms with Crippen LogP contribution in [0.2, 0.25) is 0 Å². The Hall–Kier alpha value is -2.41. The fourth-order valence-corrected chi connectivity index (χ4v) is 4.99. The van der Waals surface area contributed by atoms with Crippen molar-refractivity contribution in [2.45, 2.75) is 29.4 Å². The van der Waals surface area contributed by atoms with Crippen molar-refractivity contribution in [2.24, 2.45) is 0 Å². The van der Waals surface area contributed by atoms with Crippen LogP contribution < -0.4 is 4.74 Å². The molecule has 2 aromatic rings. The van der Waals surface area contributed by atoms with Gasteiger partial charge >= 0.3 is 0 Å². The van der Waals surface area contributed by atoms with E-state index < -0.39 is 20.9 Å². The van der Waals surface area contributed by atoms with Crippen LogP contribution in [0.3, 0.4) is 0 Å². The fourth-order valence-electron chi connectivity index (χ4n) is 3.26. The molecule has 0 N–H and O–H groups in total. The van der Waals surface area contributed by atoms with Crippen molar-refractivity contribution >= 4 is 15.7 Å². The number of likely N-dealkylation sites (tertiary alicyclic amines) is 1. The van der Waals surface area contributed by atoms with Crippen molar-refractivity contribution < 1.29 is 22.3 Å². The number of rotatable bonds is 5. The molecule has 3 rings (SSSR count). The molecule has 0 radical (unpaired) electrons. The van der Waals surface area contributed by atoms with Crippen LogP contribution in [0.15, 0.2) is 53.4 Å². The summed E-state index contributed by atoms with van der Waals surface area (Å²) in [6.07, 6.45) is 1.04. The van der Waals surface area contributed by atoms with E-state index in [1.165, 1.54) is 12.1 Å². The summed E-state index contributed by atoms with van der Waals surface area (Å²) >= 11 is 0. The van der Waals surface area contributed by atoms with E-state index in [1.54, 1.807) is 12.0 Å². The predicted octanol–water partition coefficient (Wildman–Crippen LogP) is 2.84. The summed E-state index contributed by atoms with van der Waals surface area (Å²) in [6.45, 7) is 0.806. The lowest BCUT2D eigenvalue weighted by Gasteiger charge is -2.32. The Labute approximate surface area is 158 Å². The number of hydrogen-bond donors (Lipinski definition) is 0. The third-order valence-electron chi connectivity index (χ3n) is 4.89. The number of carbonyl (C=O) groups is 1. The van der Waals surface area contributed by atoms with E-state index in [-0.39, 0.29) is 17.2 Å². The highest BCUT2D eigenvalue weighted by Gasteiger charge is 2.32. The van der Waals surface area contributed by atoms with E-state index in [4.69, 9.17) is 4.74 Å². The first-order valence-corrected chi connectivity index (χ1v) is 10.3. The summed E-state index contributed by atoms with van der Waals surface area (Å²) in [5.41, 5.74) is 0.891. The molecule has 1 aliphatic heterocycles. The summed E-state index contributed by atoms with van der Waals surface area (Å²) in [7, 11) is -1.93. The average molecular weight is 391 g/mol. The van der Waals surface area contributed by atoms with Gasteiger partial charge in [-0.15, -0.1) is 0 Å². The van der Waals surface area contributed by atoms with Gasteiger partial charge in [-0.2, -0.15) is 0 Å². The Bertz CT molecular complexity index is 887. The minimum atomic E-state index is -3.51. The summed E-state index contributed by atoms with van der Waals surface area (Å²) in [5.74, 6) is 0.253. The van der Waals surface area contributed by atoms with Crippen molar-refractivity contribution in [3.8, 4) is 5.75 Å². The number of hydrogen-bond acceptors (Lipinski definition) is 4. The number of benzene rings is 2. The van der Waals surface area contributed by atoms with Gasteiger partial charge in [-0.05, 0) is 54.8 Å². The molecule has 1 aliphatic rings. The minimum absolute atomic E-state index is 0.0159. The van der Waals surface area contributed by atoms with Gasteiger partial charge in [-0.25, -0.2) is 12.8 Å². The second kappa shape index (κ2) is 8.08. The summed E-state index contributed by atoms with van der Waals surface area (Å²) in [6, 6.07) is 12.2. The molecule has 0 spiro atoms. The number of amides is 1. The minimum Gasteiger partial charge on any atom is -0.497 e. The van der Waals surface area contributed by atoms with Gasteiger partial charge in [0.2, 0.25) is 5.91 Å². The zero-order valence-corrected chi connectivity index (χ0v) is 15.9. The van der Waals surface area contributed by atoms with Crippen LogP contribution in [0.5, 0.6) is 5.75 Å². The predicted molar refractivity (Wildman–Crippen MR) is 99.9 cm³/mol. The van der Waals surface area contributed by atoms with Crippen molar-refractivity contribution in [1.82, 2.24) is 4.90 Å². The second-order valence-electron chi connectivity index (χ2n) is 6.60. The van der Waals surface area contributed by atoms with Crippen molar-refractivity contribution in [3.05, 3.63) is 59.9 Å².